The summed E-state index contributed by atoms with van der Waals surface area (Å²) in [6.07, 6.45) is 10.7. The maximum Gasteiger partial charge on any atom is 0.281 e. The third-order valence-corrected chi connectivity index (χ3v) is 3.36. The first-order valence-corrected chi connectivity index (χ1v) is 8.15. The third kappa shape index (κ3) is 11.0. The average Bonchev–Trinajstić information content (AvgIpc) is 2.53. The fourth-order valence-corrected chi connectivity index (χ4v) is 2.16. The molecule has 0 spiro atoms. The highest BCUT2D eigenvalue weighted by atomic mass is 16.5. The van der Waals surface area contributed by atoms with Crippen molar-refractivity contribution in [3.8, 4) is 5.75 Å². The molecule has 1 aromatic rings. The van der Waals surface area contributed by atoms with Gasteiger partial charge >= 0.3 is 0 Å². The predicted octanol–water partition coefficient (Wildman–Crippen LogP) is 4.38. The molecule has 0 aromatic heterocycles. The summed E-state index contributed by atoms with van der Waals surface area (Å²) < 4.78 is 11.1. The van der Waals surface area contributed by atoms with Crippen LogP contribution >= 0.6 is 0 Å². The fraction of sp³-hybridized carbons (Fsp3) is 0.611. The Morgan fingerprint density at radius 3 is 2.14 bits per heavy atom. The molecule has 3 nitrogen and oxygen atoms in total. The van der Waals surface area contributed by atoms with Gasteiger partial charge in [0.05, 0.1) is 13.0 Å². The van der Waals surface area contributed by atoms with E-state index in [1.165, 1.54) is 38.4 Å². The van der Waals surface area contributed by atoms with Gasteiger partial charge in [-0.3, -0.25) is 4.79 Å². The molecule has 0 radical (unpaired) electrons. The van der Waals surface area contributed by atoms with E-state index in [-0.39, 0.29) is 0 Å². The minimum Gasteiger partial charge on any atom is -0.491 e. The largest absolute Gasteiger partial charge is 0.491 e. The Morgan fingerprint density at radius 2 is 1.43 bits per heavy atom. The molecular weight excluding hydrogens is 264 g/mol. The van der Waals surface area contributed by atoms with Crippen LogP contribution in [0.15, 0.2) is 30.3 Å². The van der Waals surface area contributed by atoms with E-state index < -0.39 is 0 Å². The summed E-state index contributed by atoms with van der Waals surface area (Å²) in [6, 6.07) is 9.84. The van der Waals surface area contributed by atoms with Gasteiger partial charge in [0.2, 0.25) is 0 Å². The highest BCUT2D eigenvalue weighted by molar-refractivity contribution is 5.50. The molecule has 0 heterocycles. The first-order chi connectivity index (χ1) is 10.4. The molecule has 0 amide bonds. The van der Waals surface area contributed by atoms with Gasteiger partial charge in [-0.25, -0.2) is 0 Å². The van der Waals surface area contributed by atoms with E-state index in [2.05, 4.69) is 0 Å². The van der Waals surface area contributed by atoms with Crippen LogP contribution in [0.4, 0.5) is 0 Å². The number of carbonyl (C=O) groups excluding carboxylic acids is 1. The van der Waals surface area contributed by atoms with Crippen LogP contribution < -0.4 is 4.74 Å². The van der Waals surface area contributed by atoms with Crippen molar-refractivity contribution < 1.29 is 14.3 Å². The van der Waals surface area contributed by atoms with Crippen LogP contribution in [-0.4, -0.2) is 30.9 Å². The van der Waals surface area contributed by atoms with Crippen LogP contribution in [0.2, 0.25) is 0 Å². The van der Waals surface area contributed by atoms with Crippen molar-refractivity contribution in [3.05, 3.63) is 30.3 Å². The number of unbranched alkanes of at least 4 members (excludes halogenated alkanes) is 7. The summed E-state index contributed by atoms with van der Waals surface area (Å²) in [6.45, 7) is 2.11. The number of para-hydroxylation sites is 1. The van der Waals surface area contributed by atoms with E-state index in [4.69, 9.17) is 14.3 Å². The molecule has 3 heteroatoms. The first-order valence-electron chi connectivity index (χ1n) is 8.15. The van der Waals surface area contributed by atoms with Crippen molar-refractivity contribution in [2.75, 3.05) is 19.8 Å². The number of hydrogen-bond donors (Lipinski definition) is 0. The first kappa shape index (κ1) is 17.7. The van der Waals surface area contributed by atoms with Gasteiger partial charge in [-0.1, -0.05) is 50.3 Å². The SMILES string of the molecule is [OH+]=CCCCCCCCCCOCCOc1ccccc1. The Balaban J connectivity index is 1.76. The zero-order valence-corrected chi connectivity index (χ0v) is 13.0. The molecule has 0 unspecified atom stereocenters. The van der Waals surface area contributed by atoms with Gasteiger partial charge in [-0.2, -0.15) is 0 Å². The lowest BCUT2D eigenvalue weighted by Gasteiger charge is -2.07. The van der Waals surface area contributed by atoms with E-state index >= 15 is 0 Å². The Labute approximate surface area is 128 Å². The molecule has 21 heavy (non-hydrogen) atoms. The average molecular weight is 293 g/mol. The molecule has 1 N–H and O–H groups in total. The van der Waals surface area contributed by atoms with Crippen molar-refractivity contribution in [3.63, 3.8) is 0 Å². The Hall–Kier alpha value is -1.35. The smallest absolute Gasteiger partial charge is 0.281 e. The number of hydrogen-bond acceptors (Lipinski definition) is 2. The zero-order valence-electron chi connectivity index (χ0n) is 13.0. The van der Waals surface area contributed by atoms with Crippen molar-refractivity contribution in [2.45, 2.75) is 51.4 Å². The van der Waals surface area contributed by atoms with Gasteiger partial charge < -0.3 is 9.47 Å². The molecule has 1 aromatic carbocycles. The molecule has 0 saturated carbocycles. The summed E-state index contributed by atoms with van der Waals surface area (Å²) in [5.41, 5.74) is 0. The van der Waals surface area contributed by atoms with Gasteiger partial charge in [-0.05, 0) is 25.0 Å². The Morgan fingerprint density at radius 1 is 0.762 bits per heavy atom. The van der Waals surface area contributed by atoms with Gasteiger partial charge in [0.1, 0.15) is 12.4 Å². The molecule has 0 aliphatic heterocycles. The van der Waals surface area contributed by atoms with E-state index in [0.29, 0.717) is 13.2 Å². The lowest BCUT2D eigenvalue weighted by atomic mass is 10.1. The van der Waals surface area contributed by atoms with Crippen LogP contribution in [-0.2, 0) is 4.74 Å². The number of benzene rings is 1. The topological polar surface area (TPSA) is 39.9 Å². The zero-order chi connectivity index (χ0) is 15.0. The van der Waals surface area contributed by atoms with Gasteiger partial charge in [0.25, 0.3) is 6.29 Å². The summed E-state index contributed by atoms with van der Waals surface area (Å²) in [4.78, 5) is 8.54. The highest BCUT2D eigenvalue weighted by Gasteiger charge is 1.94. The number of rotatable bonds is 14. The Kier molecular flexibility index (Phi) is 11.5. The van der Waals surface area contributed by atoms with Crippen molar-refractivity contribution in [2.24, 2.45) is 0 Å². The Bertz CT molecular complexity index is 338. The fourth-order valence-electron chi connectivity index (χ4n) is 2.16. The molecule has 0 bridgehead atoms. The second-order valence-corrected chi connectivity index (χ2v) is 5.22. The maximum atomic E-state index is 8.54. The van der Waals surface area contributed by atoms with Crippen LogP contribution in [0, 0.1) is 0 Å². The third-order valence-electron chi connectivity index (χ3n) is 3.36. The molecule has 1 rings (SSSR count). The summed E-state index contributed by atoms with van der Waals surface area (Å²) in [5.74, 6) is 0.903. The molecule has 0 saturated heterocycles. The predicted molar refractivity (Wildman–Crippen MR) is 87.7 cm³/mol. The van der Waals surface area contributed by atoms with Crippen molar-refractivity contribution >= 4 is 6.29 Å². The summed E-state index contributed by atoms with van der Waals surface area (Å²) in [5, 5.41) is 0. The van der Waals surface area contributed by atoms with E-state index in [0.717, 1.165) is 31.6 Å². The molecular formula is C18H29O3+. The van der Waals surface area contributed by atoms with Gasteiger partial charge in [0, 0.05) is 6.61 Å². The van der Waals surface area contributed by atoms with Crippen LogP contribution in [0.1, 0.15) is 51.4 Å². The second-order valence-electron chi connectivity index (χ2n) is 5.22. The van der Waals surface area contributed by atoms with Crippen molar-refractivity contribution in [1.29, 1.82) is 0 Å². The highest BCUT2D eigenvalue weighted by Crippen LogP contribution is 2.09. The van der Waals surface area contributed by atoms with E-state index in [1.807, 2.05) is 30.3 Å². The van der Waals surface area contributed by atoms with Crippen molar-refractivity contribution in [1.82, 2.24) is 0 Å². The number of ether oxygens (including phenoxy) is 2. The second kappa shape index (κ2) is 13.6. The minimum absolute atomic E-state index is 0.617. The lowest BCUT2D eigenvalue weighted by molar-refractivity contribution is 0.0970. The van der Waals surface area contributed by atoms with Crippen LogP contribution in [0.3, 0.4) is 0 Å². The summed E-state index contributed by atoms with van der Waals surface area (Å²) >= 11 is 0. The van der Waals surface area contributed by atoms with Gasteiger partial charge in [0.15, 0.2) is 0 Å². The standard InChI is InChI=1S/C18H28O3/c19-14-10-5-3-1-2-4-6-11-15-20-16-17-21-18-12-8-7-9-13-18/h7-9,12-14H,1-6,10-11,15-17H2/p+1. The molecule has 0 fully saturated rings. The lowest BCUT2D eigenvalue weighted by Crippen LogP contribution is -2.07. The van der Waals surface area contributed by atoms with Gasteiger partial charge in [-0.15, -0.1) is 0 Å². The molecule has 0 atom stereocenters. The number of aldehydes is 1. The van der Waals surface area contributed by atoms with Crippen LogP contribution in [0.5, 0.6) is 5.75 Å². The summed E-state index contributed by atoms with van der Waals surface area (Å²) in [7, 11) is 0. The maximum absolute atomic E-state index is 8.54. The van der Waals surface area contributed by atoms with E-state index in [1.54, 1.807) is 0 Å². The molecule has 0 aliphatic rings. The monoisotopic (exact) mass is 293 g/mol. The quantitative estimate of drug-likeness (QED) is 0.290. The minimum atomic E-state index is 0.617. The van der Waals surface area contributed by atoms with E-state index in [9.17, 15) is 0 Å². The van der Waals surface area contributed by atoms with Crippen LogP contribution in [0.25, 0.3) is 0 Å². The molecule has 0 aliphatic carbocycles. The normalized spacial score (nSPS) is 10.5. The molecule has 118 valence electrons.